The first-order chi connectivity index (χ1) is 15.6. The molecule has 0 saturated carbocycles. The van der Waals surface area contributed by atoms with Crippen molar-refractivity contribution in [2.75, 3.05) is 0 Å². The Balaban J connectivity index is 1.26. The van der Waals surface area contributed by atoms with Gasteiger partial charge in [-0.15, -0.1) is 0 Å². The van der Waals surface area contributed by atoms with E-state index in [1.54, 1.807) is 6.20 Å². The van der Waals surface area contributed by atoms with Crippen LogP contribution in [0.3, 0.4) is 0 Å². The summed E-state index contributed by atoms with van der Waals surface area (Å²) >= 11 is 0. The van der Waals surface area contributed by atoms with Crippen molar-refractivity contribution in [2.45, 2.75) is 25.5 Å². The van der Waals surface area contributed by atoms with Crippen LogP contribution in [0.2, 0.25) is 0 Å². The molecule has 6 nitrogen and oxygen atoms in total. The summed E-state index contributed by atoms with van der Waals surface area (Å²) in [5, 5.41) is 13.1. The average Bonchev–Trinajstić information content (AvgIpc) is 3.39. The van der Waals surface area contributed by atoms with Crippen molar-refractivity contribution >= 4 is 23.0 Å². The Kier molecular flexibility index (Phi) is 5.11. The Bertz CT molecular complexity index is 1320. The number of ether oxygens (including phenoxy) is 1. The quantitative estimate of drug-likeness (QED) is 0.368. The van der Waals surface area contributed by atoms with Crippen LogP contribution in [0.4, 0.5) is 4.79 Å². The maximum Gasteiger partial charge on any atom is 0.408 e. The molecule has 0 spiro atoms. The molecule has 1 amide bonds. The van der Waals surface area contributed by atoms with E-state index in [0.717, 1.165) is 39.6 Å². The Labute approximate surface area is 184 Å². The predicted molar refractivity (Wildman–Crippen MR) is 121 cm³/mol. The smallest absolute Gasteiger partial charge is 0.408 e. The fourth-order valence-electron chi connectivity index (χ4n) is 4.41. The molecule has 4 aromatic rings. The van der Waals surface area contributed by atoms with Crippen LogP contribution in [0.5, 0.6) is 0 Å². The van der Waals surface area contributed by atoms with E-state index in [9.17, 15) is 14.7 Å². The number of nitrogens with one attached hydrogen (secondary N) is 2. The van der Waals surface area contributed by atoms with Gasteiger partial charge in [-0.3, -0.25) is 0 Å². The number of alkyl carbamates (subject to hydrolysis) is 1. The summed E-state index contributed by atoms with van der Waals surface area (Å²) in [6, 6.07) is 20.8. The lowest BCUT2D eigenvalue weighted by atomic mass is 10.0. The third kappa shape index (κ3) is 3.71. The summed E-state index contributed by atoms with van der Waals surface area (Å²) < 4.78 is 5.42. The van der Waals surface area contributed by atoms with Gasteiger partial charge in [0.05, 0.1) is 0 Å². The number of hydrogen-bond donors (Lipinski definition) is 3. The van der Waals surface area contributed by atoms with Crippen molar-refractivity contribution in [1.82, 2.24) is 10.3 Å². The number of H-pyrrole nitrogens is 1. The van der Waals surface area contributed by atoms with Crippen LogP contribution in [0.1, 0.15) is 22.3 Å². The standard InChI is InChI=1S/C26H22N2O4/c29-25(30)24(13-18-14-27-23-11-4-3-9-20(18)23)28-26(31)32-15-17-7-5-10-21-19-8-2-1-6-16(19)12-22(17)21/h1-11,14,24,27H,12-13,15H2,(H,28,31)(H,29,30). The molecule has 0 aliphatic heterocycles. The third-order valence-corrected chi connectivity index (χ3v) is 6.00. The average molecular weight is 426 g/mol. The van der Waals surface area contributed by atoms with E-state index in [1.165, 1.54) is 11.1 Å². The number of amides is 1. The van der Waals surface area contributed by atoms with Gasteiger partial charge in [0.1, 0.15) is 12.6 Å². The van der Waals surface area contributed by atoms with Gasteiger partial charge >= 0.3 is 12.1 Å². The van der Waals surface area contributed by atoms with Crippen LogP contribution in [0.15, 0.2) is 72.9 Å². The van der Waals surface area contributed by atoms with E-state index < -0.39 is 18.1 Å². The predicted octanol–water partition coefficient (Wildman–Crippen LogP) is 4.66. The first-order valence-corrected chi connectivity index (χ1v) is 10.5. The van der Waals surface area contributed by atoms with Gasteiger partial charge in [0.15, 0.2) is 0 Å². The molecule has 160 valence electrons. The highest BCUT2D eigenvalue weighted by Crippen LogP contribution is 2.38. The van der Waals surface area contributed by atoms with Crippen LogP contribution in [0.25, 0.3) is 22.0 Å². The number of carbonyl (C=O) groups is 2. The lowest BCUT2D eigenvalue weighted by Crippen LogP contribution is -2.42. The minimum Gasteiger partial charge on any atom is -0.480 e. The number of benzene rings is 3. The lowest BCUT2D eigenvalue weighted by molar-refractivity contribution is -0.139. The number of carboxylic acids is 1. The molecule has 5 rings (SSSR count). The minimum absolute atomic E-state index is 0.0857. The first-order valence-electron chi connectivity index (χ1n) is 10.5. The molecular formula is C26H22N2O4. The molecule has 1 aromatic heterocycles. The van der Waals surface area contributed by atoms with Gasteiger partial charge < -0.3 is 20.1 Å². The van der Waals surface area contributed by atoms with E-state index in [4.69, 9.17) is 4.74 Å². The normalized spacial score (nSPS) is 12.8. The number of rotatable bonds is 6. The van der Waals surface area contributed by atoms with Gasteiger partial charge in [-0.25, -0.2) is 9.59 Å². The fraction of sp³-hybridized carbons (Fsp3) is 0.154. The second-order valence-electron chi connectivity index (χ2n) is 7.95. The number of fused-ring (bicyclic) bond motifs is 4. The highest BCUT2D eigenvalue weighted by atomic mass is 16.5. The van der Waals surface area contributed by atoms with E-state index in [0.29, 0.717) is 0 Å². The number of carboxylic acid groups (broad SMARTS) is 1. The maximum atomic E-state index is 12.4. The summed E-state index contributed by atoms with van der Waals surface area (Å²) in [5.74, 6) is -1.11. The molecule has 3 N–H and O–H groups in total. The molecule has 1 unspecified atom stereocenters. The molecule has 1 heterocycles. The molecule has 0 radical (unpaired) electrons. The molecule has 1 atom stereocenters. The van der Waals surface area contributed by atoms with Crippen LogP contribution in [-0.4, -0.2) is 28.2 Å². The zero-order chi connectivity index (χ0) is 22.1. The van der Waals surface area contributed by atoms with Crippen molar-refractivity contribution in [2.24, 2.45) is 0 Å². The van der Waals surface area contributed by atoms with Gasteiger partial charge in [-0.05, 0) is 45.9 Å². The minimum atomic E-state index is -1.11. The van der Waals surface area contributed by atoms with Crippen molar-refractivity contribution in [3.8, 4) is 11.1 Å². The molecule has 0 bridgehead atoms. The summed E-state index contributed by atoms with van der Waals surface area (Å²) in [4.78, 5) is 27.3. The number of aromatic amines is 1. The number of carbonyl (C=O) groups excluding carboxylic acids is 1. The molecule has 1 aliphatic rings. The number of para-hydroxylation sites is 1. The highest BCUT2D eigenvalue weighted by Gasteiger charge is 2.24. The highest BCUT2D eigenvalue weighted by molar-refractivity contribution is 5.85. The Morgan fingerprint density at radius 2 is 1.75 bits per heavy atom. The molecule has 1 aliphatic carbocycles. The van der Waals surface area contributed by atoms with Crippen LogP contribution >= 0.6 is 0 Å². The van der Waals surface area contributed by atoms with Gasteiger partial charge in [-0.1, -0.05) is 60.7 Å². The zero-order valence-corrected chi connectivity index (χ0v) is 17.3. The zero-order valence-electron chi connectivity index (χ0n) is 17.3. The van der Waals surface area contributed by atoms with E-state index in [-0.39, 0.29) is 13.0 Å². The second kappa shape index (κ2) is 8.23. The molecule has 0 saturated heterocycles. The van der Waals surface area contributed by atoms with Gasteiger partial charge in [0, 0.05) is 23.5 Å². The van der Waals surface area contributed by atoms with Crippen LogP contribution < -0.4 is 5.32 Å². The molecule has 6 heteroatoms. The monoisotopic (exact) mass is 426 g/mol. The SMILES string of the molecule is O=C(NC(Cc1c[nH]c2ccccc12)C(=O)O)OCc1cccc2c1Cc1ccccc1-2. The Hall–Kier alpha value is -4.06. The fourth-order valence-corrected chi connectivity index (χ4v) is 4.41. The molecular weight excluding hydrogens is 404 g/mol. The van der Waals surface area contributed by atoms with Crippen LogP contribution in [-0.2, 0) is 29.0 Å². The maximum absolute atomic E-state index is 12.4. The Morgan fingerprint density at radius 3 is 2.62 bits per heavy atom. The second-order valence-corrected chi connectivity index (χ2v) is 7.95. The van der Waals surface area contributed by atoms with Crippen molar-refractivity contribution < 1.29 is 19.4 Å². The summed E-state index contributed by atoms with van der Waals surface area (Å²) in [7, 11) is 0. The van der Waals surface area contributed by atoms with E-state index >= 15 is 0 Å². The number of aromatic nitrogens is 1. The summed E-state index contributed by atoms with van der Waals surface area (Å²) in [6.07, 6.45) is 1.99. The molecule has 32 heavy (non-hydrogen) atoms. The molecule has 0 fully saturated rings. The van der Waals surface area contributed by atoms with Crippen LogP contribution in [0, 0.1) is 0 Å². The largest absolute Gasteiger partial charge is 0.480 e. The lowest BCUT2D eigenvalue weighted by Gasteiger charge is -2.15. The topological polar surface area (TPSA) is 91.4 Å². The van der Waals surface area contributed by atoms with E-state index in [1.807, 2.05) is 48.5 Å². The molecule has 3 aromatic carbocycles. The van der Waals surface area contributed by atoms with Gasteiger partial charge in [0.25, 0.3) is 0 Å². The third-order valence-electron chi connectivity index (χ3n) is 6.00. The summed E-state index contributed by atoms with van der Waals surface area (Å²) in [6.45, 7) is 0.0857. The van der Waals surface area contributed by atoms with Crippen molar-refractivity contribution in [3.63, 3.8) is 0 Å². The van der Waals surface area contributed by atoms with Crippen molar-refractivity contribution in [3.05, 3.63) is 95.2 Å². The number of aliphatic carboxylic acids is 1. The summed E-state index contributed by atoms with van der Waals surface area (Å²) in [5.41, 5.74) is 7.44. The van der Waals surface area contributed by atoms with Gasteiger partial charge in [-0.2, -0.15) is 0 Å². The van der Waals surface area contributed by atoms with E-state index in [2.05, 4.69) is 28.5 Å². The Morgan fingerprint density at radius 1 is 0.969 bits per heavy atom. The van der Waals surface area contributed by atoms with Crippen molar-refractivity contribution in [1.29, 1.82) is 0 Å². The van der Waals surface area contributed by atoms with Gasteiger partial charge in [0.2, 0.25) is 0 Å². The number of hydrogen-bond acceptors (Lipinski definition) is 3. The first kappa shape index (κ1) is 19.9.